The van der Waals surface area contributed by atoms with E-state index in [1.807, 2.05) is 19.9 Å². The van der Waals surface area contributed by atoms with Crippen molar-refractivity contribution in [1.82, 2.24) is 20.2 Å². The standard InChI is InChI=1S/C21H26FN5O2/c1-4-5-14-11-27(6-7-28-14)20-10-18(23-12-24-20)21-15-8-19(29-13(2)3)16(22)9-17(15)25-26-21/h8-10,12-14H,4-7,11H2,1-3H3,(H,25,26). The summed E-state index contributed by atoms with van der Waals surface area (Å²) >= 11 is 0. The van der Waals surface area contributed by atoms with Crippen molar-refractivity contribution in [3.05, 3.63) is 30.3 Å². The number of halogens is 1. The van der Waals surface area contributed by atoms with Crippen LogP contribution < -0.4 is 9.64 Å². The molecule has 3 heterocycles. The van der Waals surface area contributed by atoms with Crippen molar-refractivity contribution in [2.24, 2.45) is 0 Å². The summed E-state index contributed by atoms with van der Waals surface area (Å²) in [6.07, 6.45) is 3.76. The zero-order valence-electron chi connectivity index (χ0n) is 17.0. The molecule has 1 fully saturated rings. The number of nitrogens with one attached hydrogen (secondary N) is 1. The van der Waals surface area contributed by atoms with Gasteiger partial charge in [0.15, 0.2) is 11.6 Å². The highest BCUT2D eigenvalue weighted by Crippen LogP contribution is 2.32. The lowest BCUT2D eigenvalue weighted by Gasteiger charge is -2.33. The predicted molar refractivity (Wildman–Crippen MR) is 110 cm³/mol. The molecule has 1 saturated heterocycles. The number of hydrogen-bond donors (Lipinski definition) is 1. The van der Waals surface area contributed by atoms with Gasteiger partial charge in [-0.3, -0.25) is 5.10 Å². The number of aromatic nitrogens is 4. The van der Waals surface area contributed by atoms with E-state index in [4.69, 9.17) is 9.47 Å². The molecule has 8 heteroatoms. The van der Waals surface area contributed by atoms with E-state index in [2.05, 4.69) is 32.0 Å². The van der Waals surface area contributed by atoms with Crippen LogP contribution in [-0.4, -0.2) is 52.1 Å². The van der Waals surface area contributed by atoms with Crippen LogP contribution >= 0.6 is 0 Å². The highest BCUT2D eigenvalue weighted by molar-refractivity contribution is 5.93. The van der Waals surface area contributed by atoms with Crippen LogP contribution in [0.25, 0.3) is 22.3 Å². The van der Waals surface area contributed by atoms with Gasteiger partial charge in [-0.1, -0.05) is 13.3 Å². The Labute approximate surface area is 169 Å². The fourth-order valence-electron chi connectivity index (χ4n) is 3.63. The van der Waals surface area contributed by atoms with Crippen molar-refractivity contribution >= 4 is 16.7 Å². The summed E-state index contributed by atoms with van der Waals surface area (Å²) in [6, 6.07) is 5.01. The zero-order chi connectivity index (χ0) is 20.4. The van der Waals surface area contributed by atoms with Crippen LogP contribution in [0.15, 0.2) is 24.5 Å². The quantitative estimate of drug-likeness (QED) is 0.676. The third-order valence-corrected chi connectivity index (χ3v) is 4.95. The van der Waals surface area contributed by atoms with Gasteiger partial charge < -0.3 is 14.4 Å². The lowest BCUT2D eigenvalue weighted by Crippen LogP contribution is -2.42. The van der Waals surface area contributed by atoms with E-state index in [9.17, 15) is 4.39 Å². The van der Waals surface area contributed by atoms with E-state index in [0.717, 1.165) is 37.1 Å². The molecule has 0 radical (unpaired) electrons. The average molecular weight is 399 g/mol. The van der Waals surface area contributed by atoms with Crippen LogP contribution in [0.4, 0.5) is 10.2 Å². The molecule has 1 aliphatic heterocycles. The number of anilines is 1. The maximum Gasteiger partial charge on any atom is 0.167 e. The largest absolute Gasteiger partial charge is 0.488 e. The molecule has 4 rings (SSSR count). The molecule has 0 saturated carbocycles. The Hall–Kier alpha value is -2.74. The smallest absolute Gasteiger partial charge is 0.167 e. The fourth-order valence-corrected chi connectivity index (χ4v) is 3.63. The summed E-state index contributed by atoms with van der Waals surface area (Å²) in [5, 5.41) is 8.03. The van der Waals surface area contributed by atoms with Crippen molar-refractivity contribution in [3.8, 4) is 17.1 Å². The molecule has 2 aromatic heterocycles. The second kappa shape index (κ2) is 8.32. The Morgan fingerprint density at radius 3 is 2.97 bits per heavy atom. The molecule has 1 aliphatic rings. The number of nitrogens with zero attached hydrogens (tertiary/aromatic N) is 4. The SMILES string of the molecule is CCCC1CN(c2cc(-c3n[nH]c4cc(F)c(OC(C)C)cc34)ncn2)CCO1. The minimum absolute atomic E-state index is 0.125. The maximum atomic E-state index is 14.3. The summed E-state index contributed by atoms with van der Waals surface area (Å²) in [7, 11) is 0. The van der Waals surface area contributed by atoms with Gasteiger partial charge in [-0.15, -0.1) is 0 Å². The van der Waals surface area contributed by atoms with Crippen LogP contribution in [-0.2, 0) is 4.74 Å². The van der Waals surface area contributed by atoms with Gasteiger partial charge >= 0.3 is 0 Å². The van der Waals surface area contributed by atoms with Crippen LogP contribution in [0.5, 0.6) is 5.75 Å². The molecular formula is C21H26FN5O2. The number of H-pyrrole nitrogens is 1. The summed E-state index contributed by atoms with van der Waals surface area (Å²) in [5.74, 6) is 0.636. The highest BCUT2D eigenvalue weighted by Gasteiger charge is 2.22. The molecule has 7 nitrogen and oxygen atoms in total. The van der Waals surface area contributed by atoms with Crippen molar-refractivity contribution in [2.75, 3.05) is 24.6 Å². The Bertz CT molecular complexity index is 988. The Morgan fingerprint density at radius 2 is 2.17 bits per heavy atom. The number of benzene rings is 1. The minimum atomic E-state index is -0.417. The summed E-state index contributed by atoms with van der Waals surface area (Å²) in [6.45, 7) is 8.17. The van der Waals surface area contributed by atoms with Crippen LogP contribution in [0.1, 0.15) is 33.6 Å². The van der Waals surface area contributed by atoms with Crippen LogP contribution in [0.3, 0.4) is 0 Å². The third kappa shape index (κ3) is 4.17. The van der Waals surface area contributed by atoms with E-state index in [1.54, 1.807) is 12.4 Å². The molecule has 29 heavy (non-hydrogen) atoms. The first-order valence-corrected chi connectivity index (χ1v) is 10.1. The van der Waals surface area contributed by atoms with Crippen LogP contribution in [0, 0.1) is 5.82 Å². The number of morpholine rings is 1. The molecule has 0 bridgehead atoms. The number of ether oxygens (including phenoxy) is 2. The van der Waals surface area contributed by atoms with E-state index in [0.29, 0.717) is 23.5 Å². The van der Waals surface area contributed by atoms with E-state index in [1.165, 1.54) is 6.07 Å². The maximum absolute atomic E-state index is 14.3. The van der Waals surface area contributed by atoms with Gasteiger partial charge in [-0.25, -0.2) is 14.4 Å². The summed E-state index contributed by atoms with van der Waals surface area (Å²) < 4.78 is 25.7. The zero-order valence-corrected chi connectivity index (χ0v) is 17.0. The van der Waals surface area contributed by atoms with Crippen molar-refractivity contribution in [1.29, 1.82) is 0 Å². The molecule has 1 atom stereocenters. The molecular weight excluding hydrogens is 373 g/mol. The predicted octanol–water partition coefficient (Wildman–Crippen LogP) is 3.95. The van der Waals surface area contributed by atoms with Crippen molar-refractivity contribution in [2.45, 2.75) is 45.8 Å². The first kappa shape index (κ1) is 19.6. The monoisotopic (exact) mass is 399 g/mol. The second-order valence-electron chi connectivity index (χ2n) is 7.56. The first-order valence-electron chi connectivity index (χ1n) is 10.1. The molecule has 3 aromatic rings. The number of hydrogen-bond acceptors (Lipinski definition) is 6. The van der Waals surface area contributed by atoms with E-state index < -0.39 is 5.82 Å². The topological polar surface area (TPSA) is 76.2 Å². The number of rotatable bonds is 6. The van der Waals surface area contributed by atoms with Crippen molar-refractivity contribution in [3.63, 3.8) is 0 Å². The second-order valence-corrected chi connectivity index (χ2v) is 7.56. The minimum Gasteiger partial charge on any atom is -0.488 e. The molecule has 0 spiro atoms. The molecule has 1 N–H and O–H groups in total. The van der Waals surface area contributed by atoms with E-state index >= 15 is 0 Å². The summed E-state index contributed by atoms with van der Waals surface area (Å²) in [5.41, 5.74) is 1.93. The summed E-state index contributed by atoms with van der Waals surface area (Å²) in [4.78, 5) is 11.1. The van der Waals surface area contributed by atoms with Gasteiger partial charge in [-0.05, 0) is 26.3 Å². The van der Waals surface area contributed by atoms with Gasteiger partial charge in [0, 0.05) is 30.6 Å². The third-order valence-electron chi connectivity index (χ3n) is 4.95. The number of aromatic amines is 1. The van der Waals surface area contributed by atoms with Gasteiger partial charge in [0.1, 0.15) is 17.8 Å². The van der Waals surface area contributed by atoms with Gasteiger partial charge in [0.05, 0.1) is 30.0 Å². The number of fused-ring (bicyclic) bond motifs is 1. The van der Waals surface area contributed by atoms with Crippen LogP contribution in [0.2, 0.25) is 0 Å². The lowest BCUT2D eigenvalue weighted by atomic mass is 10.1. The van der Waals surface area contributed by atoms with Gasteiger partial charge in [0.2, 0.25) is 0 Å². The Morgan fingerprint density at radius 1 is 1.31 bits per heavy atom. The highest BCUT2D eigenvalue weighted by atomic mass is 19.1. The lowest BCUT2D eigenvalue weighted by molar-refractivity contribution is 0.0346. The van der Waals surface area contributed by atoms with Crippen molar-refractivity contribution < 1.29 is 13.9 Å². The first-order chi connectivity index (χ1) is 14.0. The van der Waals surface area contributed by atoms with Gasteiger partial charge in [-0.2, -0.15) is 5.10 Å². The average Bonchev–Trinajstić information content (AvgIpc) is 3.11. The molecule has 0 amide bonds. The molecule has 0 aliphatic carbocycles. The molecule has 154 valence electrons. The van der Waals surface area contributed by atoms with Gasteiger partial charge in [0.25, 0.3) is 0 Å². The Kier molecular flexibility index (Phi) is 5.62. The normalized spacial score (nSPS) is 17.3. The Balaban J connectivity index is 1.67. The molecule has 1 unspecified atom stereocenters. The fraction of sp³-hybridized carbons (Fsp3) is 0.476. The molecule has 1 aromatic carbocycles. The van der Waals surface area contributed by atoms with E-state index in [-0.39, 0.29) is 18.0 Å².